The van der Waals surface area contributed by atoms with Crippen LogP contribution in [0.1, 0.15) is 12.8 Å². The van der Waals surface area contributed by atoms with Gasteiger partial charge < -0.3 is 0 Å². The highest BCUT2D eigenvalue weighted by atomic mass is 16.2. The lowest BCUT2D eigenvalue weighted by Gasteiger charge is -2.14. The molecule has 0 saturated carbocycles. The minimum absolute atomic E-state index is 0.241. The summed E-state index contributed by atoms with van der Waals surface area (Å²) in [7, 11) is 0. The third-order valence-corrected chi connectivity index (χ3v) is 2.47. The fraction of sp³-hybridized carbons (Fsp3) is 0.625. The maximum absolute atomic E-state index is 11.3. The second kappa shape index (κ2) is 3.85. The summed E-state index contributed by atoms with van der Waals surface area (Å²) in [5, 5.41) is 0. The second-order valence-corrected chi connectivity index (χ2v) is 3.58. The maximum atomic E-state index is 11.3. The molecule has 0 radical (unpaired) electrons. The monoisotopic (exact) mass is 212 g/mol. The zero-order chi connectivity index (χ0) is 10.8. The Bertz CT molecular complexity index is 471. The molecule has 1 aliphatic heterocycles. The highest BCUT2D eigenvalue weighted by Gasteiger charge is 2.13. The predicted molar refractivity (Wildman–Crippen MR) is 52.8 cm³/mol. The van der Waals surface area contributed by atoms with Gasteiger partial charge in [0, 0.05) is 0 Å². The van der Waals surface area contributed by atoms with Gasteiger partial charge in [-0.3, -0.25) is 14.9 Å². The first kappa shape index (κ1) is 9.91. The molecule has 7 heteroatoms. The highest BCUT2D eigenvalue weighted by Crippen LogP contribution is 2.06. The van der Waals surface area contributed by atoms with E-state index >= 15 is 0 Å². The van der Waals surface area contributed by atoms with Gasteiger partial charge in [0.2, 0.25) is 0 Å². The van der Waals surface area contributed by atoms with E-state index in [1.54, 1.807) is 0 Å². The zero-order valence-corrected chi connectivity index (χ0v) is 8.15. The first-order valence-corrected chi connectivity index (χ1v) is 4.82. The molecular formula is C8H12N4O3. The van der Waals surface area contributed by atoms with Gasteiger partial charge in [-0.25, -0.2) is 19.0 Å². The summed E-state index contributed by atoms with van der Waals surface area (Å²) in [6.07, 6.45) is 2.16. The maximum Gasteiger partial charge on any atom is 0.334 e. The minimum Gasteiger partial charge on any atom is -0.285 e. The van der Waals surface area contributed by atoms with Gasteiger partial charge in [0.25, 0.3) is 0 Å². The van der Waals surface area contributed by atoms with E-state index in [0.717, 1.165) is 30.5 Å². The Morgan fingerprint density at radius 3 is 2.07 bits per heavy atom. The van der Waals surface area contributed by atoms with Gasteiger partial charge >= 0.3 is 17.1 Å². The van der Waals surface area contributed by atoms with Crippen molar-refractivity contribution in [3.05, 3.63) is 31.5 Å². The molecular weight excluding hydrogens is 200 g/mol. The Morgan fingerprint density at radius 2 is 1.53 bits per heavy atom. The van der Waals surface area contributed by atoms with Crippen LogP contribution in [0.25, 0.3) is 0 Å². The molecule has 0 aliphatic carbocycles. The van der Waals surface area contributed by atoms with E-state index in [4.69, 9.17) is 0 Å². The summed E-state index contributed by atoms with van der Waals surface area (Å²) in [6.45, 7) is 2.00. The number of rotatable bonds is 2. The van der Waals surface area contributed by atoms with Gasteiger partial charge in [-0.2, -0.15) is 0 Å². The fourth-order valence-corrected chi connectivity index (χ4v) is 1.71. The van der Waals surface area contributed by atoms with Crippen molar-refractivity contribution >= 4 is 0 Å². The molecule has 1 aromatic rings. The van der Waals surface area contributed by atoms with Gasteiger partial charge in [0.05, 0.1) is 6.67 Å². The molecule has 0 unspecified atom stereocenters. The quantitative estimate of drug-likeness (QED) is 0.610. The average Bonchev–Trinajstić information content (AvgIpc) is 2.63. The van der Waals surface area contributed by atoms with Crippen LogP contribution in [0.5, 0.6) is 0 Å². The number of nitrogens with one attached hydrogen (secondary N) is 2. The van der Waals surface area contributed by atoms with E-state index in [9.17, 15) is 14.4 Å². The van der Waals surface area contributed by atoms with Gasteiger partial charge in [0.1, 0.15) is 0 Å². The third kappa shape index (κ3) is 2.07. The molecule has 1 aliphatic rings. The standard InChI is InChI=1S/C8H12N4O3/c13-6-9-7(14)12(8(15)10-6)5-11-3-1-2-4-11/h1-5H2,(H2,9,10,13,14,15). The number of hydrogen-bond donors (Lipinski definition) is 2. The molecule has 1 fully saturated rings. The summed E-state index contributed by atoms with van der Waals surface area (Å²) in [4.78, 5) is 39.4. The molecule has 2 heterocycles. The summed E-state index contributed by atoms with van der Waals surface area (Å²) >= 11 is 0. The molecule has 2 N–H and O–H groups in total. The minimum atomic E-state index is -0.761. The molecule has 1 aromatic heterocycles. The van der Waals surface area contributed by atoms with Crippen molar-refractivity contribution in [3.8, 4) is 0 Å². The number of likely N-dealkylation sites (tertiary alicyclic amines) is 1. The van der Waals surface area contributed by atoms with Crippen LogP contribution in [0, 0.1) is 0 Å². The number of aromatic nitrogens is 3. The molecule has 0 atom stereocenters. The van der Waals surface area contributed by atoms with Crippen molar-refractivity contribution < 1.29 is 0 Å². The Balaban J connectivity index is 2.32. The first-order chi connectivity index (χ1) is 7.16. The topological polar surface area (TPSA) is 91.0 Å². The van der Waals surface area contributed by atoms with Gasteiger partial charge in [-0.05, 0) is 25.9 Å². The normalized spacial score (nSPS) is 17.1. The summed E-state index contributed by atoms with van der Waals surface area (Å²) in [5.74, 6) is 0. The lowest BCUT2D eigenvalue weighted by molar-refractivity contribution is 0.257. The van der Waals surface area contributed by atoms with E-state index < -0.39 is 17.1 Å². The molecule has 1 saturated heterocycles. The van der Waals surface area contributed by atoms with Gasteiger partial charge in [-0.1, -0.05) is 0 Å². The predicted octanol–water partition coefficient (Wildman–Crippen LogP) is -1.72. The molecule has 0 aromatic carbocycles. The Hall–Kier alpha value is -1.63. The van der Waals surface area contributed by atoms with Crippen molar-refractivity contribution in [2.45, 2.75) is 19.5 Å². The first-order valence-electron chi connectivity index (χ1n) is 4.82. The largest absolute Gasteiger partial charge is 0.334 e. The molecule has 0 amide bonds. The smallest absolute Gasteiger partial charge is 0.285 e. The van der Waals surface area contributed by atoms with Crippen molar-refractivity contribution in [1.29, 1.82) is 0 Å². The molecule has 82 valence electrons. The molecule has 0 spiro atoms. The van der Waals surface area contributed by atoms with Crippen LogP contribution in [-0.2, 0) is 6.67 Å². The van der Waals surface area contributed by atoms with Crippen molar-refractivity contribution in [2.75, 3.05) is 13.1 Å². The van der Waals surface area contributed by atoms with Gasteiger partial charge in [-0.15, -0.1) is 0 Å². The van der Waals surface area contributed by atoms with E-state index in [-0.39, 0.29) is 6.67 Å². The van der Waals surface area contributed by atoms with E-state index in [1.165, 1.54) is 0 Å². The van der Waals surface area contributed by atoms with E-state index in [1.807, 2.05) is 14.9 Å². The SMILES string of the molecule is O=c1[nH]c(=O)n(CN2CCCC2)c(=O)[nH]1. The Morgan fingerprint density at radius 1 is 1.00 bits per heavy atom. The lowest BCUT2D eigenvalue weighted by Crippen LogP contribution is -2.46. The van der Waals surface area contributed by atoms with Crippen LogP contribution in [0.3, 0.4) is 0 Å². The van der Waals surface area contributed by atoms with E-state index in [0.29, 0.717) is 0 Å². The number of hydrogen-bond acceptors (Lipinski definition) is 4. The van der Waals surface area contributed by atoms with Crippen LogP contribution < -0.4 is 17.1 Å². The van der Waals surface area contributed by atoms with Crippen molar-refractivity contribution in [1.82, 2.24) is 19.4 Å². The third-order valence-electron chi connectivity index (χ3n) is 2.47. The molecule has 0 bridgehead atoms. The molecule has 15 heavy (non-hydrogen) atoms. The summed E-state index contributed by atoms with van der Waals surface area (Å²) < 4.78 is 0.993. The molecule has 7 nitrogen and oxygen atoms in total. The van der Waals surface area contributed by atoms with Gasteiger partial charge in [0.15, 0.2) is 0 Å². The van der Waals surface area contributed by atoms with Crippen molar-refractivity contribution in [3.63, 3.8) is 0 Å². The second-order valence-electron chi connectivity index (χ2n) is 3.58. The fourth-order valence-electron chi connectivity index (χ4n) is 1.71. The Labute approximate surface area is 84.4 Å². The van der Waals surface area contributed by atoms with Crippen LogP contribution in [0.15, 0.2) is 14.4 Å². The van der Waals surface area contributed by atoms with E-state index in [2.05, 4.69) is 0 Å². The number of aromatic amines is 2. The average molecular weight is 212 g/mol. The highest BCUT2D eigenvalue weighted by molar-refractivity contribution is 4.71. The zero-order valence-electron chi connectivity index (χ0n) is 8.15. The van der Waals surface area contributed by atoms with Crippen LogP contribution in [0.2, 0.25) is 0 Å². The number of nitrogens with zero attached hydrogens (tertiary/aromatic N) is 2. The van der Waals surface area contributed by atoms with Crippen LogP contribution in [-0.4, -0.2) is 32.5 Å². The van der Waals surface area contributed by atoms with Crippen molar-refractivity contribution in [2.24, 2.45) is 0 Å². The number of H-pyrrole nitrogens is 2. The van der Waals surface area contributed by atoms with Crippen LogP contribution >= 0.6 is 0 Å². The summed E-state index contributed by atoms with van der Waals surface area (Å²) in [6, 6.07) is 0. The molecule has 2 rings (SSSR count). The summed E-state index contributed by atoms with van der Waals surface area (Å²) in [5.41, 5.74) is -2.08. The lowest BCUT2D eigenvalue weighted by atomic mass is 10.4. The van der Waals surface area contributed by atoms with Crippen LogP contribution in [0.4, 0.5) is 0 Å². The Kier molecular flexibility index (Phi) is 2.55.